The molecule has 200 valence electrons. The zero-order valence-electron chi connectivity index (χ0n) is 23.4. The highest BCUT2D eigenvalue weighted by molar-refractivity contribution is 6.22. The lowest BCUT2D eigenvalue weighted by Gasteiger charge is -2.18. The second kappa shape index (κ2) is 9.44. The maximum atomic E-state index is 6.18. The van der Waals surface area contributed by atoms with E-state index in [1.165, 1.54) is 65.7 Å². The van der Waals surface area contributed by atoms with Crippen molar-refractivity contribution in [1.29, 1.82) is 0 Å². The molecule has 0 fully saturated rings. The van der Waals surface area contributed by atoms with Crippen molar-refractivity contribution in [3.8, 4) is 33.4 Å². The van der Waals surface area contributed by atoms with Crippen molar-refractivity contribution >= 4 is 54.3 Å². The zero-order valence-corrected chi connectivity index (χ0v) is 23.4. The van der Waals surface area contributed by atoms with Crippen molar-refractivity contribution in [1.82, 2.24) is 0 Å². The minimum atomic E-state index is 0.928. The molecule has 9 aromatic rings. The van der Waals surface area contributed by atoms with Gasteiger partial charge in [0.1, 0.15) is 11.2 Å². The van der Waals surface area contributed by atoms with Gasteiger partial charge >= 0.3 is 0 Å². The molecule has 0 aliphatic heterocycles. The Balaban J connectivity index is 1.31. The molecule has 0 spiro atoms. The SMILES string of the molecule is c1ccc(-c2cccc(-c3c4ccccc4c(-c4ccc5cc6oc7ccccc7c6cc5c4)c4ccccc34)c2)cc1. The molecule has 0 saturated heterocycles. The van der Waals surface area contributed by atoms with Gasteiger partial charge in [-0.3, -0.25) is 0 Å². The predicted molar refractivity (Wildman–Crippen MR) is 183 cm³/mol. The third-order valence-electron chi connectivity index (χ3n) is 8.81. The van der Waals surface area contributed by atoms with Crippen LogP contribution in [-0.2, 0) is 0 Å². The first-order valence-corrected chi connectivity index (χ1v) is 14.8. The van der Waals surface area contributed by atoms with E-state index in [1.54, 1.807) is 0 Å². The first kappa shape index (κ1) is 24.0. The van der Waals surface area contributed by atoms with Gasteiger partial charge < -0.3 is 4.42 Å². The molecule has 1 nitrogen and oxygen atoms in total. The normalized spacial score (nSPS) is 11.7. The van der Waals surface area contributed by atoms with Gasteiger partial charge in [0.05, 0.1) is 0 Å². The molecule has 1 heterocycles. The number of fused-ring (bicyclic) bond motifs is 6. The van der Waals surface area contributed by atoms with Crippen molar-refractivity contribution in [2.75, 3.05) is 0 Å². The van der Waals surface area contributed by atoms with Crippen LogP contribution >= 0.6 is 0 Å². The lowest BCUT2D eigenvalue weighted by molar-refractivity contribution is 0.669. The zero-order chi connectivity index (χ0) is 28.3. The van der Waals surface area contributed by atoms with Crippen LogP contribution in [0.5, 0.6) is 0 Å². The molecular weight excluding hydrogens is 520 g/mol. The molecule has 0 saturated carbocycles. The largest absolute Gasteiger partial charge is 0.456 e. The van der Waals surface area contributed by atoms with Crippen LogP contribution in [0.4, 0.5) is 0 Å². The predicted octanol–water partition coefficient (Wildman–Crippen LogP) is 12.0. The van der Waals surface area contributed by atoms with Crippen LogP contribution in [0.3, 0.4) is 0 Å². The number of hydrogen-bond donors (Lipinski definition) is 0. The van der Waals surface area contributed by atoms with Gasteiger partial charge in [-0.2, -0.15) is 0 Å². The molecule has 0 atom stereocenters. The van der Waals surface area contributed by atoms with Gasteiger partial charge in [0, 0.05) is 10.8 Å². The standard InChI is InChI=1S/C42H26O/c1-2-11-27(12-3-1)28-13-10-14-30(23-28)41-34-16-4-6-18-36(34)42(37-19-7-5-17-35(37)41)31-22-21-29-26-40-38(25-32(29)24-31)33-15-8-9-20-39(33)43-40/h1-26H. The Kier molecular flexibility index (Phi) is 5.27. The number of rotatable bonds is 3. The molecule has 0 aliphatic rings. The highest BCUT2D eigenvalue weighted by atomic mass is 16.3. The van der Waals surface area contributed by atoms with E-state index in [0.717, 1.165) is 21.9 Å². The Morgan fingerprint density at radius 3 is 1.53 bits per heavy atom. The smallest absolute Gasteiger partial charge is 0.136 e. The Hall–Kier alpha value is -5.66. The van der Waals surface area contributed by atoms with E-state index in [4.69, 9.17) is 4.42 Å². The molecule has 8 aromatic carbocycles. The lowest BCUT2D eigenvalue weighted by Crippen LogP contribution is -1.91. The van der Waals surface area contributed by atoms with Crippen molar-refractivity contribution < 1.29 is 4.42 Å². The highest BCUT2D eigenvalue weighted by Crippen LogP contribution is 2.45. The van der Waals surface area contributed by atoms with E-state index < -0.39 is 0 Å². The van der Waals surface area contributed by atoms with Crippen LogP contribution in [0.25, 0.3) is 87.6 Å². The fourth-order valence-corrected chi connectivity index (χ4v) is 6.86. The Labute approximate surface area is 249 Å². The third kappa shape index (κ3) is 3.79. The molecule has 43 heavy (non-hydrogen) atoms. The molecule has 0 radical (unpaired) electrons. The first-order chi connectivity index (χ1) is 21.3. The molecule has 0 aliphatic carbocycles. The summed E-state index contributed by atoms with van der Waals surface area (Å²) in [5, 5.41) is 9.75. The topological polar surface area (TPSA) is 13.1 Å². The van der Waals surface area contributed by atoms with Gasteiger partial charge in [0.15, 0.2) is 0 Å². The number of benzene rings is 8. The van der Waals surface area contributed by atoms with E-state index >= 15 is 0 Å². The van der Waals surface area contributed by atoms with Crippen molar-refractivity contribution in [3.63, 3.8) is 0 Å². The summed E-state index contributed by atoms with van der Waals surface area (Å²) < 4.78 is 6.18. The summed E-state index contributed by atoms with van der Waals surface area (Å²) in [5.41, 5.74) is 9.31. The molecule has 0 bridgehead atoms. The molecule has 0 amide bonds. The number of furan rings is 1. The number of hydrogen-bond acceptors (Lipinski definition) is 1. The van der Waals surface area contributed by atoms with E-state index in [9.17, 15) is 0 Å². The van der Waals surface area contributed by atoms with E-state index in [0.29, 0.717) is 0 Å². The molecule has 0 N–H and O–H groups in total. The van der Waals surface area contributed by atoms with Crippen molar-refractivity contribution in [3.05, 3.63) is 158 Å². The van der Waals surface area contributed by atoms with Crippen molar-refractivity contribution in [2.24, 2.45) is 0 Å². The minimum absolute atomic E-state index is 0.928. The van der Waals surface area contributed by atoms with Gasteiger partial charge in [0.2, 0.25) is 0 Å². The monoisotopic (exact) mass is 546 g/mol. The van der Waals surface area contributed by atoms with Gasteiger partial charge in [-0.05, 0) is 96.0 Å². The number of para-hydroxylation sites is 1. The van der Waals surface area contributed by atoms with Crippen LogP contribution in [0.2, 0.25) is 0 Å². The van der Waals surface area contributed by atoms with Crippen LogP contribution in [0, 0.1) is 0 Å². The first-order valence-electron chi connectivity index (χ1n) is 14.8. The molecule has 1 aromatic heterocycles. The van der Waals surface area contributed by atoms with Crippen LogP contribution in [0.15, 0.2) is 162 Å². The Morgan fingerprint density at radius 1 is 0.279 bits per heavy atom. The third-order valence-corrected chi connectivity index (χ3v) is 8.81. The summed E-state index contributed by atoms with van der Waals surface area (Å²) >= 11 is 0. The Morgan fingerprint density at radius 2 is 0.837 bits per heavy atom. The summed E-state index contributed by atoms with van der Waals surface area (Å²) in [6, 6.07) is 56.9. The summed E-state index contributed by atoms with van der Waals surface area (Å²) in [6.07, 6.45) is 0. The van der Waals surface area contributed by atoms with Crippen molar-refractivity contribution in [2.45, 2.75) is 0 Å². The highest BCUT2D eigenvalue weighted by Gasteiger charge is 2.17. The van der Waals surface area contributed by atoms with E-state index in [-0.39, 0.29) is 0 Å². The molecule has 9 rings (SSSR count). The van der Waals surface area contributed by atoms with Gasteiger partial charge in [-0.15, -0.1) is 0 Å². The summed E-state index contributed by atoms with van der Waals surface area (Å²) in [7, 11) is 0. The Bertz CT molecular complexity index is 2440. The second-order valence-corrected chi connectivity index (χ2v) is 11.3. The molecule has 1 heteroatoms. The lowest BCUT2D eigenvalue weighted by atomic mass is 9.85. The maximum Gasteiger partial charge on any atom is 0.136 e. The average Bonchev–Trinajstić information content (AvgIpc) is 3.43. The summed E-state index contributed by atoms with van der Waals surface area (Å²) in [4.78, 5) is 0. The summed E-state index contributed by atoms with van der Waals surface area (Å²) in [6.45, 7) is 0. The van der Waals surface area contributed by atoms with Crippen LogP contribution < -0.4 is 0 Å². The summed E-state index contributed by atoms with van der Waals surface area (Å²) in [5.74, 6) is 0. The quantitative estimate of drug-likeness (QED) is 0.201. The van der Waals surface area contributed by atoms with Gasteiger partial charge in [-0.1, -0.05) is 127 Å². The van der Waals surface area contributed by atoms with E-state index in [1.807, 2.05) is 12.1 Å². The molecular formula is C42H26O. The minimum Gasteiger partial charge on any atom is -0.456 e. The molecule has 0 unspecified atom stereocenters. The second-order valence-electron chi connectivity index (χ2n) is 11.3. The van der Waals surface area contributed by atoms with Crippen LogP contribution in [0.1, 0.15) is 0 Å². The maximum absolute atomic E-state index is 6.18. The van der Waals surface area contributed by atoms with Gasteiger partial charge in [0.25, 0.3) is 0 Å². The van der Waals surface area contributed by atoms with E-state index in [2.05, 4.69) is 146 Å². The fourth-order valence-electron chi connectivity index (χ4n) is 6.86. The average molecular weight is 547 g/mol. The fraction of sp³-hybridized carbons (Fsp3) is 0. The van der Waals surface area contributed by atoms with Gasteiger partial charge in [-0.25, -0.2) is 0 Å². The van der Waals surface area contributed by atoms with Crippen LogP contribution in [-0.4, -0.2) is 0 Å².